The average Bonchev–Trinajstić information content (AvgIpc) is 3.28. The summed E-state index contributed by atoms with van der Waals surface area (Å²) in [5.74, 6) is 0.496. The molecule has 2 N–H and O–H groups in total. The Bertz CT molecular complexity index is 538. The molecule has 1 amide bonds. The molecule has 1 saturated carbocycles. The van der Waals surface area contributed by atoms with Crippen LogP contribution in [0.25, 0.3) is 0 Å². The van der Waals surface area contributed by atoms with Gasteiger partial charge in [-0.05, 0) is 31.0 Å². The molecule has 6 heteroatoms. The van der Waals surface area contributed by atoms with Crippen LogP contribution < -0.4 is 15.4 Å². The molecule has 0 unspecified atom stereocenters. The molecule has 21 heavy (non-hydrogen) atoms. The summed E-state index contributed by atoms with van der Waals surface area (Å²) in [7, 11) is 0. The smallest absolute Gasteiger partial charge is 0.257 e. The van der Waals surface area contributed by atoms with Crippen molar-refractivity contribution in [3.63, 3.8) is 0 Å². The Morgan fingerprint density at radius 1 is 1.48 bits per heavy atom. The van der Waals surface area contributed by atoms with E-state index in [1.165, 1.54) is 12.8 Å². The first-order valence-corrected chi connectivity index (χ1v) is 7.76. The minimum atomic E-state index is -0.214. The quantitative estimate of drug-likeness (QED) is 0.703. The zero-order valence-corrected chi connectivity index (χ0v) is 13.3. The van der Waals surface area contributed by atoms with Gasteiger partial charge in [-0.2, -0.15) is 5.26 Å². The Morgan fingerprint density at radius 3 is 3.00 bits per heavy atom. The van der Waals surface area contributed by atoms with E-state index in [1.54, 1.807) is 0 Å². The van der Waals surface area contributed by atoms with Gasteiger partial charge in [0.15, 0.2) is 6.61 Å². The van der Waals surface area contributed by atoms with Gasteiger partial charge in [0, 0.05) is 29.2 Å². The highest BCUT2D eigenvalue weighted by Gasteiger charge is 2.20. The number of ether oxygens (including phenoxy) is 1. The standard InChI is InChI=1S/C15H18BrN3O2/c16-12-2-5-14(11(8-12)9-19-13-3-4-13)21-10-15(20)18-7-1-6-17/h2,5,8,13,19H,1,3-4,7,9-10H2,(H,18,20). The van der Waals surface area contributed by atoms with Gasteiger partial charge in [0.05, 0.1) is 12.5 Å². The number of hydrogen-bond acceptors (Lipinski definition) is 4. The predicted molar refractivity (Wildman–Crippen MR) is 82.7 cm³/mol. The van der Waals surface area contributed by atoms with Gasteiger partial charge in [0.2, 0.25) is 0 Å². The van der Waals surface area contributed by atoms with E-state index in [1.807, 2.05) is 24.3 Å². The van der Waals surface area contributed by atoms with E-state index in [0.29, 0.717) is 24.8 Å². The van der Waals surface area contributed by atoms with Crippen LogP contribution in [0.5, 0.6) is 5.75 Å². The summed E-state index contributed by atoms with van der Waals surface area (Å²) in [6, 6.07) is 8.34. The second kappa shape index (κ2) is 8.01. The van der Waals surface area contributed by atoms with Crippen LogP contribution in [0.2, 0.25) is 0 Å². The molecule has 1 aromatic rings. The van der Waals surface area contributed by atoms with Crippen LogP contribution in [0.4, 0.5) is 0 Å². The molecule has 1 aromatic carbocycles. The highest BCUT2D eigenvalue weighted by atomic mass is 79.9. The second-order valence-corrected chi connectivity index (χ2v) is 5.87. The lowest BCUT2D eigenvalue weighted by Crippen LogP contribution is -2.29. The fourth-order valence-corrected chi connectivity index (χ4v) is 2.23. The molecule has 1 aliphatic rings. The van der Waals surface area contributed by atoms with E-state index >= 15 is 0 Å². The Balaban J connectivity index is 1.85. The van der Waals surface area contributed by atoms with E-state index in [-0.39, 0.29) is 12.5 Å². The molecule has 1 fully saturated rings. The van der Waals surface area contributed by atoms with Crippen molar-refractivity contribution in [2.24, 2.45) is 0 Å². The first kappa shape index (κ1) is 15.8. The lowest BCUT2D eigenvalue weighted by molar-refractivity contribution is -0.123. The van der Waals surface area contributed by atoms with Crippen LogP contribution in [-0.4, -0.2) is 25.1 Å². The molecular weight excluding hydrogens is 334 g/mol. The molecule has 5 nitrogen and oxygen atoms in total. The maximum atomic E-state index is 11.6. The normalized spacial score (nSPS) is 13.5. The summed E-state index contributed by atoms with van der Waals surface area (Å²) in [5, 5.41) is 14.5. The summed E-state index contributed by atoms with van der Waals surface area (Å²) in [5.41, 5.74) is 1.03. The van der Waals surface area contributed by atoms with Gasteiger partial charge in [-0.25, -0.2) is 0 Å². The summed E-state index contributed by atoms with van der Waals surface area (Å²) in [4.78, 5) is 11.6. The zero-order chi connectivity index (χ0) is 15.1. The number of rotatable bonds is 8. The molecule has 1 aliphatic carbocycles. The molecule has 2 rings (SSSR count). The van der Waals surface area contributed by atoms with Crippen molar-refractivity contribution in [2.75, 3.05) is 13.2 Å². The van der Waals surface area contributed by atoms with E-state index in [0.717, 1.165) is 16.6 Å². The van der Waals surface area contributed by atoms with E-state index < -0.39 is 0 Å². The fourth-order valence-electron chi connectivity index (χ4n) is 1.82. The van der Waals surface area contributed by atoms with Gasteiger partial charge in [-0.3, -0.25) is 4.79 Å². The van der Waals surface area contributed by atoms with Crippen LogP contribution in [0.15, 0.2) is 22.7 Å². The number of benzene rings is 1. The Hall–Kier alpha value is -1.58. The van der Waals surface area contributed by atoms with E-state index in [9.17, 15) is 4.79 Å². The van der Waals surface area contributed by atoms with Crippen LogP contribution in [0.3, 0.4) is 0 Å². The molecule has 0 bridgehead atoms. The number of hydrogen-bond donors (Lipinski definition) is 2. The maximum absolute atomic E-state index is 11.6. The third kappa shape index (κ3) is 5.74. The van der Waals surface area contributed by atoms with Crippen molar-refractivity contribution in [1.29, 1.82) is 5.26 Å². The fraction of sp³-hybridized carbons (Fsp3) is 0.467. The van der Waals surface area contributed by atoms with Gasteiger partial charge in [0.1, 0.15) is 5.75 Å². The molecule has 0 aromatic heterocycles. The highest BCUT2D eigenvalue weighted by molar-refractivity contribution is 9.10. The summed E-state index contributed by atoms with van der Waals surface area (Å²) in [6.07, 6.45) is 2.76. The molecule has 0 spiro atoms. The van der Waals surface area contributed by atoms with Gasteiger partial charge in [0.25, 0.3) is 5.91 Å². The van der Waals surface area contributed by atoms with E-state index in [2.05, 4.69) is 26.6 Å². The molecule has 0 atom stereocenters. The van der Waals surface area contributed by atoms with Gasteiger partial charge < -0.3 is 15.4 Å². The van der Waals surface area contributed by atoms with Crippen LogP contribution in [0.1, 0.15) is 24.8 Å². The van der Waals surface area contributed by atoms with Crippen molar-refractivity contribution in [3.8, 4) is 11.8 Å². The predicted octanol–water partition coefficient (Wildman–Crippen LogP) is 2.11. The van der Waals surface area contributed by atoms with Crippen molar-refractivity contribution < 1.29 is 9.53 Å². The number of nitriles is 1. The molecule has 0 heterocycles. The minimum absolute atomic E-state index is 0.0382. The molecule has 0 radical (unpaired) electrons. The topological polar surface area (TPSA) is 74.2 Å². The number of amides is 1. The lowest BCUT2D eigenvalue weighted by atomic mass is 10.2. The number of nitrogens with zero attached hydrogens (tertiary/aromatic N) is 1. The maximum Gasteiger partial charge on any atom is 0.257 e. The Morgan fingerprint density at radius 2 is 2.29 bits per heavy atom. The summed E-state index contributed by atoms with van der Waals surface area (Å²) >= 11 is 3.45. The van der Waals surface area contributed by atoms with E-state index in [4.69, 9.17) is 10.00 Å². The SMILES string of the molecule is N#CCCNC(=O)COc1ccc(Br)cc1CNC1CC1. The number of halogens is 1. The third-order valence-corrected chi connectivity index (χ3v) is 3.59. The first-order chi connectivity index (χ1) is 10.2. The first-order valence-electron chi connectivity index (χ1n) is 6.97. The van der Waals surface area contributed by atoms with Crippen LogP contribution in [-0.2, 0) is 11.3 Å². The molecule has 0 saturated heterocycles. The average molecular weight is 352 g/mol. The zero-order valence-electron chi connectivity index (χ0n) is 11.7. The largest absolute Gasteiger partial charge is 0.483 e. The molecular formula is C15H18BrN3O2. The van der Waals surface area contributed by atoms with Crippen molar-refractivity contribution >= 4 is 21.8 Å². The molecule has 0 aliphatic heterocycles. The van der Waals surface area contributed by atoms with Crippen LogP contribution >= 0.6 is 15.9 Å². The number of carbonyl (C=O) groups is 1. The van der Waals surface area contributed by atoms with Crippen LogP contribution in [0, 0.1) is 11.3 Å². The van der Waals surface area contributed by atoms with Crippen molar-refractivity contribution in [1.82, 2.24) is 10.6 Å². The Kier molecular flexibility index (Phi) is 6.03. The second-order valence-electron chi connectivity index (χ2n) is 4.95. The van der Waals surface area contributed by atoms with Crippen molar-refractivity contribution in [3.05, 3.63) is 28.2 Å². The highest BCUT2D eigenvalue weighted by Crippen LogP contribution is 2.25. The number of carbonyl (C=O) groups excluding carboxylic acids is 1. The number of nitrogens with one attached hydrogen (secondary N) is 2. The van der Waals surface area contributed by atoms with Gasteiger partial charge in [-0.15, -0.1) is 0 Å². The molecule has 112 valence electrons. The van der Waals surface area contributed by atoms with Gasteiger partial charge in [-0.1, -0.05) is 15.9 Å². The monoisotopic (exact) mass is 351 g/mol. The van der Waals surface area contributed by atoms with Crippen molar-refractivity contribution in [2.45, 2.75) is 31.8 Å². The third-order valence-electron chi connectivity index (χ3n) is 3.10. The lowest BCUT2D eigenvalue weighted by Gasteiger charge is -2.12. The Labute approximate surface area is 132 Å². The van der Waals surface area contributed by atoms with Gasteiger partial charge >= 0.3 is 0 Å². The minimum Gasteiger partial charge on any atom is -0.483 e. The summed E-state index contributed by atoms with van der Waals surface area (Å²) < 4.78 is 6.57. The summed E-state index contributed by atoms with van der Waals surface area (Å²) in [6.45, 7) is 1.05.